The van der Waals surface area contributed by atoms with Crippen LogP contribution in [0.3, 0.4) is 0 Å². The molecule has 0 saturated heterocycles. The monoisotopic (exact) mass is 1890 g/mol. The minimum absolute atomic E-state index is 0.0374. The molecular weight excluding hydrogens is 1720 g/mol. The Morgan fingerprint density at radius 2 is 0.348 bits per heavy atom. The third-order valence-corrected chi connectivity index (χ3v) is 34.2. The Morgan fingerprint density at radius 1 is 0.159 bits per heavy atom. The van der Waals surface area contributed by atoms with Crippen molar-refractivity contribution < 1.29 is 0 Å². The van der Waals surface area contributed by atoms with Crippen molar-refractivity contribution in [3.63, 3.8) is 0 Å². The van der Waals surface area contributed by atoms with Gasteiger partial charge in [-0.25, -0.2) is 0 Å². The molecule has 0 aromatic heterocycles. The van der Waals surface area contributed by atoms with Gasteiger partial charge in [0, 0.05) is 30.6 Å². The normalized spacial score (nSPS) is 14.3. The first-order valence-corrected chi connectivity index (χ1v) is 57.0. The van der Waals surface area contributed by atoms with E-state index in [1.807, 2.05) is 0 Å². The summed E-state index contributed by atoms with van der Waals surface area (Å²) in [7, 11) is 0. The number of hydrogen-bond donors (Lipinski definition) is 0. The van der Waals surface area contributed by atoms with Crippen molar-refractivity contribution >= 4 is 53.4 Å². The van der Waals surface area contributed by atoms with Crippen LogP contribution in [0.5, 0.6) is 0 Å². The summed E-state index contributed by atoms with van der Waals surface area (Å²) in [5.74, 6) is 0. The fraction of sp³-hybridized carbons (Fsp3) is 0.523. The maximum absolute atomic E-state index is 4.17. The summed E-state index contributed by atoms with van der Waals surface area (Å²) in [4.78, 5) is 0. The largest absolute Gasteiger partial charge is 0.0654 e. The van der Waals surface area contributed by atoms with E-state index in [-0.39, 0.29) is 21.7 Å². The van der Waals surface area contributed by atoms with Crippen LogP contribution in [0.15, 0.2) is 203 Å². The first-order chi connectivity index (χ1) is 65.0. The van der Waals surface area contributed by atoms with Gasteiger partial charge in [0.2, 0.25) is 0 Å². The molecule has 11 aromatic rings. The van der Waals surface area contributed by atoms with Crippen molar-refractivity contribution in [1.29, 1.82) is 0 Å². The highest BCUT2D eigenvalue weighted by Gasteiger charge is 2.48. The highest BCUT2D eigenvalue weighted by Crippen LogP contribution is 2.62. The maximum Gasteiger partial charge on any atom is 0.0215 e. The second-order valence-electron chi connectivity index (χ2n) is 42.3. The number of fused-ring (bicyclic) bond motifs is 14. The lowest BCUT2D eigenvalue weighted by Gasteiger charge is -2.34. The molecule has 11 aromatic carbocycles. The van der Waals surface area contributed by atoms with Crippen molar-refractivity contribution in [3.05, 3.63) is 248 Å². The molecule has 0 amide bonds. The highest BCUT2D eigenvalue weighted by molar-refractivity contribution is 9.10. The third-order valence-electron chi connectivity index (χ3n) is 33.2. The average molecular weight is 1890 g/mol. The van der Waals surface area contributed by atoms with Gasteiger partial charge in [-0.1, -0.05) is 529 Å². The van der Waals surface area contributed by atoms with E-state index in [0.717, 1.165) is 0 Å². The zero-order chi connectivity index (χ0) is 91.5. The molecule has 0 fully saturated rings. The quantitative estimate of drug-likeness (QED) is 0.0263. The summed E-state index contributed by atoms with van der Waals surface area (Å²) < 4.78 is 2.41. The fourth-order valence-corrected chi connectivity index (χ4v) is 26.8. The number of unbranched alkanes of at least 4 members (excludes halogenated alkanes) is 40. The van der Waals surface area contributed by atoms with Gasteiger partial charge in [-0.15, -0.1) is 0 Å². The first kappa shape index (κ1) is 99.4. The van der Waals surface area contributed by atoms with Crippen LogP contribution >= 0.6 is 31.9 Å². The minimum atomic E-state index is -0.120. The predicted molar refractivity (Wildman–Crippen MR) is 587 cm³/mol. The molecule has 0 aliphatic heterocycles. The Morgan fingerprint density at radius 3 is 0.614 bits per heavy atom. The van der Waals surface area contributed by atoms with E-state index in [2.05, 4.69) is 281 Å². The Balaban J connectivity index is 0.999. The average Bonchev–Trinajstić information content (AvgIpc) is 1.45. The topological polar surface area (TPSA) is 0 Å². The lowest BCUT2D eigenvalue weighted by Crippen LogP contribution is -2.25. The summed E-state index contributed by atoms with van der Waals surface area (Å²) in [6.45, 7) is 19.0. The van der Waals surface area contributed by atoms with Crippen molar-refractivity contribution in [2.24, 2.45) is 0 Å². The van der Waals surface area contributed by atoms with Crippen LogP contribution in [0.2, 0.25) is 0 Å². The second kappa shape index (κ2) is 49.3. The molecule has 2 heteroatoms. The Hall–Kier alpha value is -7.10. The van der Waals surface area contributed by atoms with E-state index in [0.29, 0.717) is 0 Å². The SMILES string of the molecule is CCCCCCCCC1(CCCCCCCC)c2ccccc2-c2ccc(-c3ccc4c(-c5ccc6c(c5)C(CCCCCCCC)(CCCCCCCC)c5cc(Br)ccc5-6)c5cc(-c6ccc7c(c6)C(CCCCCCCC)(CCCCCCCC)c6ccccc6-7)ccc5c(-c5ccc6c(c5)C(CCCCCCCC)(CCCCCCCC)c5cc(Br)ccc5-6)c4c3)cc21. The van der Waals surface area contributed by atoms with Gasteiger partial charge in [-0.3, -0.25) is 0 Å². The van der Waals surface area contributed by atoms with E-state index in [4.69, 9.17) is 0 Å². The van der Waals surface area contributed by atoms with Gasteiger partial charge < -0.3 is 0 Å². The van der Waals surface area contributed by atoms with Gasteiger partial charge in [0.1, 0.15) is 0 Å². The fourth-order valence-electron chi connectivity index (χ4n) is 26.0. The Labute approximate surface area is 820 Å². The molecule has 0 N–H and O–H groups in total. The molecule has 0 spiro atoms. The van der Waals surface area contributed by atoms with Crippen LogP contribution in [0.4, 0.5) is 0 Å². The zero-order valence-corrected chi connectivity index (χ0v) is 87.0. The lowest BCUT2D eigenvalue weighted by atomic mass is 9.69. The minimum Gasteiger partial charge on any atom is -0.0654 e. The van der Waals surface area contributed by atoms with Gasteiger partial charge in [0.05, 0.1) is 0 Å². The van der Waals surface area contributed by atoms with Crippen LogP contribution in [-0.4, -0.2) is 0 Å². The summed E-state index contributed by atoms with van der Waals surface area (Å²) in [6, 6.07) is 82.3. The first-order valence-electron chi connectivity index (χ1n) is 55.4. The molecule has 0 atom stereocenters. The number of benzene rings is 11. The molecule has 132 heavy (non-hydrogen) atoms. The van der Waals surface area contributed by atoms with E-state index >= 15 is 0 Å². The second-order valence-corrected chi connectivity index (χ2v) is 44.1. The number of halogens is 2. The van der Waals surface area contributed by atoms with E-state index in [1.165, 1.54) is 479 Å². The summed E-state index contributed by atoms with van der Waals surface area (Å²) in [5, 5.41) is 5.47. The van der Waals surface area contributed by atoms with E-state index in [1.54, 1.807) is 44.5 Å². The van der Waals surface area contributed by atoms with Crippen molar-refractivity contribution in [2.45, 2.75) is 437 Å². The predicted octanol–water partition coefficient (Wildman–Crippen LogP) is 43.3. The van der Waals surface area contributed by atoms with Gasteiger partial charge in [0.25, 0.3) is 0 Å². The molecule has 4 aliphatic rings. The molecule has 0 radical (unpaired) electrons. The van der Waals surface area contributed by atoms with Crippen LogP contribution in [0, 0.1) is 0 Å². The molecule has 0 bridgehead atoms. The molecule has 702 valence electrons. The van der Waals surface area contributed by atoms with Crippen molar-refractivity contribution in [3.8, 4) is 89.0 Å². The third kappa shape index (κ3) is 22.2. The van der Waals surface area contributed by atoms with Gasteiger partial charge >= 0.3 is 0 Å². The van der Waals surface area contributed by atoms with Crippen LogP contribution in [0.25, 0.3) is 111 Å². The van der Waals surface area contributed by atoms with Gasteiger partial charge in [-0.2, -0.15) is 0 Å². The van der Waals surface area contributed by atoms with Crippen molar-refractivity contribution in [1.82, 2.24) is 0 Å². The van der Waals surface area contributed by atoms with Crippen LogP contribution < -0.4 is 0 Å². The molecule has 0 saturated carbocycles. The van der Waals surface area contributed by atoms with Gasteiger partial charge in [-0.05, 0) is 267 Å². The molecule has 15 rings (SSSR count). The lowest BCUT2D eigenvalue weighted by molar-refractivity contribution is 0.398. The van der Waals surface area contributed by atoms with Crippen LogP contribution in [0.1, 0.15) is 459 Å². The van der Waals surface area contributed by atoms with Crippen LogP contribution in [-0.2, 0) is 21.7 Å². The maximum atomic E-state index is 4.17. The smallest absolute Gasteiger partial charge is 0.0215 e. The van der Waals surface area contributed by atoms with Gasteiger partial charge in [0.15, 0.2) is 0 Å². The Kier molecular flexibility index (Phi) is 37.1. The molecule has 0 nitrogen and oxygen atoms in total. The molecule has 0 heterocycles. The highest BCUT2D eigenvalue weighted by atomic mass is 79.9. The summed E-state index contributed by atoms with van der Waals surface area (Å²) in [6.07, 6.45) is 72.1. The zero-order valence-electron chi connectivity index (χ0n) is 83.8. The molecule has 0 unspecified atom stereocenters. The summed E-state index contributed by atoms with van der Waals surface area (Å²) in [5.41, 5.74) is 34.8. The van der Waals surface area contributed by atoms with E-state index < -0.39 is 0 Å². The molecular formula is C130H168Br2. The van der Waals surface area contributed by atoms with E-state index in [9.17, 15) is 0 Å². The standard InChI is InChI=1S/C130H168Br2/c1-9-17-25-33-41-53-81-127(82-54-42-34-26-18-10-2)117-63-51-49-61-105(117)107-73-65-99(91-119(107)127)97-67-77-113-115(89-97)125(101-69-75-109-111-79-71-103(131)95-123(111)129(121(109)93-101,85-57-45-37-29-21-13-5)86-58-46-38-30-22-14-6)114-78-68-98(100-66-74-108-106-62-50-52-64-118(106)128(120(108)92-100,83-55-43-35-27-19-11-3)84-56-44-36-28-20-12-4)90-116(114)126(113)102-70-76-110-112-80-72-104(132)96-124(112)130(122(110)94-102,87-59-47-39-31-23-15-7)88-60-48-40-32-24-16-8/h49-52,61-80,89-96H,9-48,53-60,81-88H2,1-8H3. The number of rotatable bonds is 60. The molecule has 4 aliphatic carbocycles. The number of hydrogen-bond acceptors (Lipinski definition) is 0. The van der Waals surface area contributed by atoms with Crippen molar-refractivity contribution in [2.75, 3.05) is 0 Å². The summed E-state index contributed by atoms with van der Waals surface area (Å²) >= 11 is 8.35. The Bertz CT molecular complexity index is 5120.